The summed E-state index contributed by atoms with van der Waals surface area (Å²) in [6, 6.07) is 3.71. The second-order valence-corrected chi connectivity index (χ2v) is 4.57. The molecule has 6 heteroatoms. The van der Waals surface area contributed by atoms with Crippen molar-refractivity contribution in [2.24, 2.45) is 0 Å². The van der Waals surface area contributed by atoms with Gasteiger partial charge < -0.3 is 10.3 Å². The summed E-state index contributed by atoms with van der Waals surface area (Å²) < 4.78 is 5.10. The highest BCUT2D eigenvalue weighted by molar-refractivity contribution is 7.98. The molecule has 90 valence electrons. The van der Waals surface area contributed by atoms with E-state index in [1.165, 1.54) is 0 Å². The van der Waals surface area contributed by atoms with Gasteiger partial charge in [0.15, 0.2) is 5.82 Å². The summed E-state index contributed by atoms with van der Waals surface area (Å²) in [7, 11) is 0. The third-order valence-corrected chi connectivity index (χ3v) is 3.02. The molecule has 0 spiro atoms. The first-order chi connectivity index (χ1) is 8.28. The number of aryl methyl sites for hydroxylation is 1. The SMILES string of the molecule is CCCc1nc(CSc2ccc(N)cn2)no1. The first-order valence-corrected chi connectivity index (χ1v) is 6.42. The molecule has 0 aliphatic carbocycles. The second-order valence-electron chi connectivity index (χ2n) is 3.57. The average Bonchev–Trinajstić information content (AvgIpc) is 2.77. The molecule has 0 aliphatic rings. The maximum Gasteiger partial charge on any atom is 0.226 e. The molecule has 2 aromatic heterocycles. The largest absolute Gasteiger partial charge is 0.397 e. The molecule has 17 heavy (non-hydrogen) atoms. The van der Waals surface area contributed by atoms with Crippen molar-refractivity contribution in [2.75, 3.05) is 5.73 Å². The minimum Gasteiger partial charge on any atom is -0.397 e. The standard InChI is InChI=1S/C11H14N4OS/c1-2-3-10-14-9(15-16-10)7-17-11-5-4-8(12)6-13-11/h4-6H,2-3,7,12H2,1H3. The van der Waals surface area contributed by atoms with E-state index >= 15 is 0 Å². The number of anilines is 1. The fourth-order valence-corrected chi connectivity index (χ4v) is 1.97. The van der Waals surface area contributed by atoms with E-state index in [1.807, 2.05) is 12.1 Å². The Bertz CT molecular complexity index is 469. The van der Waals surface area contributed by atoms with Gasteiger partial charge in [-0.05, 0) is 18.6 Å². The van der Waals surface area contributed by atoms with E-state index in [1.54, 1.807) is 18.0 Å². The van der Waals surface area contributed by atoms with Gasteiger partial charge in [-0.15, -0.1) is 0 Å². The van der Waals surface area contributed by atoms with E-state index in [0.717, 1.165) is 17.9 Å². The Morgan fingerprint density at radius 1 is 1.41 bits per heavy atom. The quantitative estimate of drug-likeness (QED) is 0.820. The summed E-state index contributed by atoms with van der Waals surface area (Å²) >= 11 is 1.56. The van der Waals surface area contributed by atoms with Crippen molar-refractivity contribution < 1.29 is 4.52 Å². The molecule has 0 aromatic carbocycles. The van der Waals surface area contributed by atoms with Crippen LogP contribution < -0.4 is 5.73 Å². The van der Waals surface area contributed by atoms with Crippen LogP contribution in [0.3, 0.4) is 0 Å². The zero-order valence-corrected chi connectivity index (χ0v) is 10.4. The van der Waals surface area contributed by atoms with Crippen molar-refractivity contribution in [2.45, 2.75) is 30.5 Å². The van der Waals surface area contributed by atoms with Gasteiger partial charge >= 0.3 is 0 Å². The second kappa shape index (κ2) is 5.67. The van der Waals surface area contributed by atoms with Crippen molar-refractivity contribution in [3.8, 4) is 0 Å². The maximum absolute atomic E-state index is 5.56. The summed E-state index contributed by atoms with van der Waals surface area (Å²) in [6.07, 6.45) is 3.48. The van der Waals surface area contributed by atoms with E-state index in [0.29, 0.717) is 23.2 Å². The van der Waals surface area contributed by atoms with E-state index < -0.39 is 0 Å². The van der Waals surface area contributed by atoms with Gasteiger partial charge in [0.2, 0.25) is 5.89 Å². The molecule has 0 amide bonds. The third kappa shape index (κ3) is 3.45. The molecule has 0 radical (unpaired) electrons. The van der Waals surface area contributed by atoms with Gasteiger partial charge in [0.25, 0.3) is 0 Å². The lowest BCUT2D eigenvalue weighted by atomic mass is 10.3. The number of thioether (sulfide) groups is 1. The summed E-state index contributed by atoms with van der Waals surface area (Å²) in [6.45, 7) is 2.08. The number of nitrogens with zero attached hydrogens (tertiary/aromatic N) is 3. The van der Waals surface area contributed by atoms with Crippen LogP contribution in [0.25, 0.3) is 0 Å². The van der Waals surface area contributed by atoms with Crippen molar-refractivity contribution >= 4 is 17.4 Å². The topological polar surface area (TPSA) is 77.8 Å². The zero-order chi connectivity index (χ0) is 12.1. The smallest absolute Gasteiger partial charge is 0.226 e. The lowest BCUT2D eigenvalue weighted by Gasteiger charge is -1.97. The van der Waals surface area contributed by atoms with Gasteiger partial charge in [-0.25, -0.2) is 4.98 Å². The highest BCUT2D eigenvalue weighted by Gasteiger charge is 2.06. The normalized spacial score (nSPS) is 10.6. The van der Waals surface area contributed by atoms with Gasteiger partial charge in [-0.3, -0.25) is 0 Å². The Balaban J connectivity index is 1.90. The molecular formula is C11H14N4OS. The number of hydrogen-bond acceptors (Lipinski definition) is 6. The monoisotopic (exact) mass is 250 g/mol. The average molecular weight is 250 g/mol. The van der Waals surface area contributed by atoms with Crippen molar-refractivity contribution in [1.82, 2.24) is 15.1 Å². The number of pyridine rings is 1. The van der Waals surface area contributed by atoms with E-state index in [9.17, 15) is 0 Å². The lowest BCUT2D eigenvalue weighted by molar-refractivity contribution is 0.373. The fraction of sp³-hybridized carbons (Fsp3) is 0.364. The summed E-state index contributed by atoms with van der Waals surface area (Å²) in [5, 5.41) is 4.81. The van der Waals surface area contributed by atoms with Crippen molar-refractivity contribution in [3.63, 3.8) is 0 Å². The molecule has 0 atom stereocenters. The van der Waals surface area contributed by atoms with Gasteiger partial charge in [0, 0.05) is 6.42 Å². The molecule has 5 nitrogen and oxygen atoms in total. The van der Waals surface area contributed by atoms with Crippen LogP contribution in [-0.2, 0) is 12.2 Å². The number of nitrogen functional groups attached to an aromatic ring is 1. The summed E-state index contributed by atoms with van der Waals surface area (Å²) in [4.78, 5) is 8.47. The van der Waals surface area contributed by atoms with Gasteiger partial charge in [0.1, 0.15) is 0 Å². The molecule has 0 bridgehead atoms. The molecule has 2 aromatic rings. The van der Waals surface area contributed by atoms with Crippen molar-refractivity contribution in [3.05, 3.63) is 30.0 Å². The number of nitrogens with two attached hydrogens (primary N) is 1. The van der Waals surface area contributed by atoms with Crippen LogP contribution in [0.15, 0.2) is 27.9 Å². The zero-order valence-electron chi connectivity index (χ0n) is 9.59. The van der Waals surface area contributed by atoms with Gasteiger partial charge in [-0.1, -0.05) is 23.8 Å². The molecule has 2 rings (SSSR count). The fourth-order valence-electron chi connectivity index (χ4n) is 1.28. The van der Waals surface area contributed by atoms with Crippen LogP contribution >= 0.6 is 11.8 Å². The van der Waals surface area contributed by atoms with Gasteiger partial charge in [0.05, 0.1) is 22.7 Å². The summed E-state index contributed by atoms with van der Waals surface area (Å²) in [5.74, 6) is 2.06. The van der Waals surface area contributed by atoms with Gasteiger partial charge in [-0.2, -0.15) is 4.98 Å². The first kappa shape index (κ1) is 11.9. The summed E-state index contributed by atoms with van der Waals surface area (Å²) in [5.41, 5.74) is 6.23. The molecule has 0 saturated heterocycles. The number of hydrogen-bond donors (Lipinski definition) is 1. The molecule has 0 unspecified atom stereocenters. The Morgan fingerprint density at radius 3 is 3.00 bits per heavy atom. The molecule has 2 N–H and O–H groups in total. The van der Waals surface area contributed by atoms with Crippen LogP contribution in [0.1, 0.15) is 25.1 Å². The lowest BCUT2D eigenvalue weighted by Crippen LogP contribution is -1.89. The van der Waals surface area contributed by atoms with E-state index in [2.05, 4.69) is 22.0 Å². The highest BCUT2D eigenvalue weighted by Crippen LogP contribution is 2.19. The Labute approximate surface area is 104 Å². The molecule has 0 aliphatic heterocycles. The van der Waals surface area contributed by atoms with Crippen LogP contribution in [0.2, 0.25) is 0 Å². The minimum atomic E-state index is 0.657. The molecule has 0 saturated carbocycles. The van der Waals surface area contributed by atoms with E-state index in [4.69, 9.17) is 10.3 Å². The predicted octanol–water partition coefficient (Wildman–Crippen LogP) is 2.29. The highest BCUT2D eigenvalue weighted by atomic mass is 32.2. The van der Waals surface area contributed by atoms with Crippen LogP contribution in [0.4, 0.5) is 5.69 Å². The van der Waals surface area contributed by atoms with E-state index in [-0.39, 0.29) is 0 Å². The number of rotatable bonds is 5. The maximum atomic E-state index is 5.56. The third-order valence-electron chi connectivity index (χ3n) is 2.08. The Hall–Kier alpha value is -1.56. The Morgan fingerprint density at radius 2 is 2.29 bits per heavy atom. The van der Waals surface area contributed by atoms with Crippen LogP contribution in [-0.4, -0.2) is 15.1 Å². The first-order valence-electron chi connectivity index (χ1n) is 5.43. The van der Waals surface area contributed by atoms with Crippen LogP contribution in [0, 0.1) is 0 Å². The molecule has 0 fully saturated rings. The molecular weight excluding hydrogens is 236 g/mol. The molecule has 2 heterocycles. The predicted molar refractivity (Wildman–Crippen MR) is 66.5 cm³/mol. The van der Waals surface area contributed by atoms with Crippen LogP contribution in [0.5, 0.6) is 0 Å². The number of aromatic nitrogens is 3. The minimum absolute atomic E-state index is 0.657. The Kier molecular flexibility index (Phi) is 3.98. The van der Waals surface area contributed by atoms with Crippen molar-refractivity contribution in [1.29, 1.82) is 0 Å².